The van der Waals surface area contributed by atoms with Crippen LogP contribution in [0.4, 0.5) is 5.95 Å². The quantitative estimate of drug-likeness (QED) is 0.457. The molecule has 2 aromatic carbocycles. The van der Waals surface area contributed by atoms with Gasteiger partial charge in [-0.2, -0.15) is 0 Å². The van der Waals surface area contributed by atoms with Crippen molar-refractivity contribution < 1.29 is 14.3 Å². The van der Waals surface area contributed by atoms with Gasteiger partial charge >= 0.3 is 0 Å². The molecule has 0 atom stereocenters. The summed E-state index contributed by atoms with van der Waals surface area (Å²) in [4.78, 5) is 21.6. The summed E-state index contributed by atoms with van der Waals surface area (Å²) in [5, 5.41) is 7.75. The number of ether oxygens (including phenoxy) is 2. The lowest BCUT2D eigenvalue weighted by Crippen LogP contribution is -2.12. The summed E-state index contributed by atoms with van der Waals surface area (Å²) in [6.45, 7) is 0.767. The Balaban J connectivity index is 1.27. The summed E-state index contributed by atoms with van der Waals surface area (Å²) in [6, 6.07) is 13.5. The van der Waals surface area contributed by atoms with Crippen molar-refractivity contribution in [2.24, 2.45) is 0 Å². The molecule has 0 fully saturated rings. The first-order valence-corrected chi connectivity index (χ1v) is 10.6. The third-order valence-corrected chi connectivity index (χ3v) is 5.88. The van der Waals surface area contributed by atoms with E-state index in [1.807, 2.05) is 42.5 Å². The van der Waals surface area contributed by atoms with Crippen LogP contribution in [0.2, 0.25) is 0 Å². The minimum Gasteiger partial charge on any atom is -0.454 e. The Kier molecular flexibility index (Phi) is 4.93. The number of benzene rings is 2. The topological polar surface area (TPSA) is 91.2 Å². The van der Waals surface area contributed by atoms with Crippen LogP contribution in [0.15, 0.2) is 59.5 Å². The van der Waals surface area contributed by atoms with Gasteiger partial charge in [-0.05, 0) is 35.9 Å². The number of hydrogen-bond acceptors (Lipinski definition) is 7. The number of rotatable bonds is 5. The van der Waals surface area contributed by atoms with Gasteiger partial charge in [-0.25, -0.2) is 14.6 Å². The molecule has 1 aliphatic rings. The van der Waals surface area contributed by atoms with Gasteiger partial charge in [0.1, 0.15) is 16.2 Å². The second-order valence-electron chi connectivity index (χ2n) is 6.45. The molecule has 0 radical (unpaired) electrons. The highest BCUT2D eigenvalue weighted by atomic mass is 79.9. The number of nitrogens with one attached hydrogen (secondary N) is 1. The summed E-state index contributed by atoms with van der Waals surface area (Å²) >= 11 is 4.74. The van der Waals surface area contributed by atoms with E-state index < -0.39 is 0 Å². The SMILES string of the molecule is O=C(Nc1ncn(Cc2cccc(Br)c2)n1)c1cnc(-c2ccc3c(c2)OCO3)s1. The minimum atomic E-state index is -0.306. The Morgan fingerprint density at radius 3 is 2.97 bits per heavy atom. The third-order valence-electron chi connectivity index (χ3n) is 4.34. The van der Waals surface area contributed by atoms with Crippen molar-refractivity contribution in [3.63, 3.8) is 0 Å². The van der Waals surface area contributed by atoms with Crippen molar-refractivity contribution in [1.82, 2.24) is 19.7 Å². The maximum atomic E-state index is 12.6. The molecule has 0 bridgehead atoms. The van der Waals surface area contributed by atoms with E-state index in [0.29, 0.717) is 27.9 Å². The van der Waals surface area contributed by atoms with Crippen LogP contribution in [-0.4, -0.2) is 32.4 Å². The Bertz CT molecular complexity index is 1240. The number of nitrogens with zero attached hydrogens (tertiary/aromatic N) is 4. The molecule has 4 aromatic rings. The Morgan fingerprint density at radius 2 is 2.07 bits per heavy atom. The van der Waals surface area contributed by atoms with Gasteiger partial charge in [0.25, 0.3) is 5.91 Å². The van der Waals surface area contributed by atoms with E-state index in [1.165, 1.54) is 11.3 Å². The predicted octanol–water partition coefficient (Wildman–Crippen LogP) is 4.19. The van der Waals surface area contributed by atoms with Crippen molar-refractivity contribution in [3.05, 3.63) is 69.9 Å². The van der Waals surface area contributed by atoms with Crippen LogP contribution in [0, 0.1) is 0 Å². The highest BCUT2D eigenvalue weighted by Crippen LogP contribution is 2.37. The largest absolute Gasteiger partial charge is 0.454 e. The van der Waals surface area contributed by atoms with Crippen LogP contribution in [-0.2, 0) is 6.54 Å². The molecule has 30 heavy (non-hydrogen) atoms. The molecule has 2 aromatic heterocycles. The van der Waals surface area contributed by atoms with E-state index in [4.69, 9.17) is 9.47 Å². The van der Waals surface area contributed by atoms with E-state index in [9.17, 15) is 4.79 Å². The fourth-order valence-corrected chi connectivity index (χ4v) is 4.21. The maximum Gasteiger partial charge on any atom is 0.269 e. The second kappa shape index (κ2) is 7.88. The van der Waals surface area contributed by atoms with Crippen molar-refractivity contribution in [1.29, 1.82) is 0 Å². The molecule has 8 nitrogen and oxygen atoms in total. The van der Waals surface area contributed by atoms with Gasteiger partial charge in [0.2, 0.25) is 12.7 Å². The molecule has 1 amide bonds. The molecular formula is C20H14BrN5O3S. The lowest BCUT2D eigenvalue weighted by molar-refractivity contribution is 0.102. The monoisotopic (exact) mass is 483 g/mol. The molecule has 1 N–H and O–H groups in total. The number of carbonyl (C=O) groups excluding carboxylic acids is 1. The molecule has 3 heterocycles. The fraction of sp³-hybridized carbons (Fsp3) is 0.100. The first-order valence-electron chi connectivity index (χ1n) is 8.95. The van der Waals surface area contributed by atoms with Crippen molar-refractivity contribution >= 4 is 39.1 Å². The van der Waals surface area contributed by atoms with Gasteiger partial charge in [-0.15, -0.1) is 16.4 Å². The zero-order valence-electron chi connectivity index (χ0n) is 15.4. The first kappa shape index (κ1) is 18.8. The smallest absolute Gasteiger partial charge is 0.269 e. The first-order chi connectivity index (χ1) is 14.6. The van der Waals surface area contributed by atoms with Gasteiger partial charge in [-0.1, -0.05) is 28.1 Å². The summed E-state index contributed by atoms with van der Waals surface area (Å²) in [5.41, 5.74) is 1.93. The Hall–Kier alpha value is -3.24. The Labute approximate surface area is 183 Å². The molecule has 0 unspecified atom stereocenters. The van der Waals surface area contributed by atoms with Crippen LogP contribution in [0.3, 0.4) is 0 Å². The van der Waals surface area contributed by atoms with E-state index in [2.05, 4.69) is 36.3 Å². The van der Waals surface area contributed by atoms with Crippen LogP contribution in [0.25, 0.3) is 10.6 Å². The number of thiazole rings is 1. The van der Waals surface area contributed by atoms with E-state index >= 15 is 0 Å². The van der Waals surface area contributed by atoms with E-state index in [-0.39, 0.29) is 18.6 Å². The summed E-state index contributed by atoms with van der Waals surface area (Å²) in [6.07, 6.45) is 3.12. The number of hydrogen-bond donors (Lipinski definition) is 1. The minimum absolute atomic E-state index is 0.214. The number of anilines is 1. The van der Waals surface area contributed by atoms with Gasteiger partial charge < -0.3 is 9.47 Å². The van der Waals surface area contributed by atoms with Crippen molar-refractivity contribution in [3.8, 4) is 22.1 Å². The van der Waals surface area contributed by atoms with E-state index in [1.54, 1.807) is 17.2 Å². The predicted molar refractivity (Wildman–Crippen MR) is 115 cm³/mol. The average molecular weight is 484 g/mol. The summed E-state index contributed by atoms with van der Waals surface area (Å²) in [7, 11) is 0. The fourth-order valence-electron chi connectivity index (χ4n) is 2.96. The van der Waals surface area contributed by atoms with Gasteiger partial charge in [-0.3, -0.25) is 10.1 Å². The molecule has 150 valence electrons. The lowest BCUT2D eigenvalue weighted by Gasteiger charge is -2.01. The number of aromatic nitrogens is 4. The lowest BCUT2D eigenvalue weighted by atomic mass is 10.2. The van der Waals surface area contributed by atoms with Gasteiger partial charge in [0.05, 0.1) is 12.7 Å². The normalized spacial score (nSPS) is 12.2. The molecule has 0 aliphatic carbocycles. The maximum absolute atomic E-state index is 12.6. The third kappa shape index (κ3) is 3.91. The molecule has 5 rings (SSSR count). The molecule has 10 heteroatoms. The van der Waals surface area contributed by atoms with E-state index in [0.717, 1.165) is 15.6 Å². The number of fused-ring (bicyclic) bond motifs is 1. The summed E-state index contributed by atoms with van der Waals surface area (Å²) in [5.74, 6) is 1.32. The van der Waals surface area contributed by atoms with Crippen LogP contribution in [0.5, 0.6) is 11.5 Å². The summed E-state index contributed by atoms with van der Waals surface area (Å²) < 4.78 is 13.4. The molecule has 0 saturated carbocycles. The number of amides is 1. The van der Waals surface area contributed by atoms with Crippen molar-refractivity contribution in [2.75, 3.05) is 12.1 Å². The van der Waals surface area contributed by atoms with Crippen LogP contribution < -0.4 is 14.8 Å². The molecule has 1 aliphatic heterocycles. The highest BCUT2D eigenvalue weighted by Gasteiger charge is 2.17. The van der Waals surface area contributed by atoms with Crippen LogP contribution in [0.1, 0.15) is 15.2 Å². The van der Waals surface area contributed by atoms with Gasteiger partial charge in [0.15, 0.2) is 11.5 Å². The second-order valence-corrected chi connectivity index (χ2v) is 8.39. The highest BCUT2D eigenvalue weighted by molar-refractivity contribution is 9.10. The van der Waals surface area contributed by atoms with Crippen molar-refractivity contribution in [2.45, 2.75) is 6.54 Å². The number of halogens is 1. The standard InChI is InChI=1S/C20H14BrN5O3S/c21-14-3-1-2-12(6-14)9-26-10-23-20(25-26)24-18(27)17-8-22-19(30-17)13-4-5-15-16(7-13)29-11-28-15/h1-8,10H,9,11H2,(H,24,25,27). The number of carbonyl (C=O) groups is 1. The molecule has 0 saturated heterocycles. The zero-order valence-corrected chi connectivity index (χ0v) is 17.8. The average Bonchev–Trinajstić information content (AvgIpc) is 3.48. The Morgan fingerprint density at radius 1 is 1.17 bits per heavy atom. The van der Waals surface area contributed by atoms with Gasteiger partial charge in [0, 0.05) is 10.0 Å². The molecular weight excluding hydrogens is 470 g/mol. The van der Waals surface area contributed by atoms with Crippen LogP contribution >= 0.6 is 27.3 Å². The molecule has 0 spiro atoms. The zero-order chi connectivity index (χ0) is 20.5.